The van der Waals surface area contributed by atoms with Crippen molar-refractivity contribution < 1.29 is 4.74 Å². The quantitative estimate of drug-likeness (QED) is 0.450. The second-order valence-electron chi connectivity index (χ2n) is 3.28. The Labute approximate surface area is 110 Å². The van der Waals surface area contributed by atoms with E-state index >= 15 is 0 Å². The summed E-state index contributed by atoms with van der Waals surface area (Å²) >= 11 is 3.44. The van der Waals surface area contributed by atoms with Gasteiger partial charge in [-0.1, -0.05) is 0 Å². The summed E-state index contributed by atoms with van der Waals surface area (Å²) < 4.78 is 6.11. The third-order valence-corrected chi connectivity index (χ3v) is 3.03. The van der Waals surface area contributed by atoms with Crippen LogP contribution in [0.4, 0.5) is 11.6 Å². The maximum absolute atomic E-state index is 5.37. The molecule has 0 saturated carbocycles. The van der Waals surface area contributed by atoms with Gasteiger partial charge in [-0.05, 0) is 29.8 Å². The van der Waals surface area contributed by atoms with E-state index in [4.69, 9.17) is 10.6 Å². The van der Waals surface area contributed by atoms with Gasteiger partial charge < -0.3 is 15.1 Å². The number of hydrogen-bond donors (Lipinski definition) is 2. The van der Waals surface area contributed by atoms with Crippen LogP contribution in [-0.4, -0.2) is 36.3 Å². The highest BCUT2D eigenvalue weighted by Crippen LogP contribution is 2.28. The maximum Gasteiger partial charge on any atom is 0.159 e. The van der Waals surface area contributed by atoms with Gasteiger partial charge in [0.15, 0.2) is 5.82 Å². The van der Waals surface area contributed by atoms with Gasteiger partial charge in [0.25, 0.3) is 0 Å². The monoisotopic (exact) mass is 303 g/mol. The van der Waals surface area contributed by atoms with Crippen molar-refractivity contribution in [2.75, 3.05) is 36.6 Å². The van der Waals surface area contributed by atoms with Crippen molar-refractivity contribution in [2.45, 2.75) is 13.8 Å². The fraction of sp³-hybridized carbons (Fsp3) is 0.600. The average molecular weight is 304 g/mol. The summed E-state index contributed by atoms with van der Waals surface area (Å²) in [7, 11) is 0. The van der Waals surface area contributed by atoms with Crippen LogP contribution in [0, 0.1) is 0 Å². The van der Waals surface area contributed by atoms with E-state index in [1.807, 2.05) is 6.92 Å². The summed E-state index contributed by atoms with van der Waals surface area (Å²) in [6, 6.07) is 0. The molecule has 0 radical (unpaired) electrons. The topological polar surface area (TPSA) is 76.3 Å². The lowest BCUT2D eigenvalue weighted by Crippen LogP contribution is -2.28. The van der Waals surface area contributed by atoms with Crippen LogP contribution in [0.3, 0.4) is 0 Å². The molecule has 6 nitrogen and oxygen atoms in total. The van der Waals surface area contributed by atoms with E-state index in [2.05, 4.69) is 43.1 Å². The van der Waals surface area contributed by atoms with E-state index in [1.165, 1.54) is 6.33 Å². The molecule has 0 aliphatic rings. The van der Waals surface area contributed by atoms with Crippen molar-refractivity contribution in [3.63, 3.8) is 0 Å². The summed E-state index contributed by atoms with van der Waals surface area (Å²) in [5, 5.41) is 0. The Morgan fingerprint density at radius 3 is 2.82 bits per heavy atom. The Hall–Kier alpha value is -0.920. The molecule has 0 bridgehead atoms. The molecule has 1 heterocycles. The van der Waals surface area contributed by atoms with Gasteiger partial charge in [0.05, 0.1) is 6.61 Å². The Morgan fingerprint density at radius 1 is 1.47 bits per heavy atom. The molecule has 0 unspecified atom stereocenters. The van der Waals surface area contributed by atoms with E-state index < -0.39 is 0 Å². The highest BCUT2D eigenvalue weighted by atomic mass is 79.9. The summed E-state index contributed by atoms with van der Waals surface area (Å²) in [6.45, 7) is 7.06. The molecule has 0 spiro atoms. The van der Waals surface area contributed by atoms with E-state index in [-0.39, 0.29) is 0 Å². The number of nitrogens with zero attached hydrogens (tertiary/aromatic N) is 3. The molecule has 17 heavy (non-hydrogen) atoms. The Balaban J connectivity index is 2.80. The van der Waals surface area contributed by atoms with Crippen LogP contribution in [-0.2, 0) is 4.74 Å². The van der Waals surface area contributed by atoms with Crippen molar-refractivity contribution in [3.8, 4) is 0 Å². The molecule has 3 N–H and O–H groups in total. The fourth-order valence-corrected chi connectivity index (χ4v) is 1.98. The molecule has 1 aromatic heterocycles. The van der Waals surface area contributed by atoms with Crippen molar-refractivity contribution in [1.29, 1.82) is 0 Å². The number of hydrazine groups is 1. The summed E-state index contributed by atoms with van der Waals surface area (Å²) in [5.74, 6) is 6.76. The van der Waals surface area contributed by atoms with Gasteiger partial charge in [0.2, 0.25) is 0 Å². The molecule has 0 fully saturated rings. The van der Waals surface area contributed by atoms with Crippen LogP contribution < -0.4 is 16.2 Å². The number of nitrogen functional groups attached to an aromatic ring is 1. The van der Waals surface area contributed by atoms with Crippen molar-refractivity contribution >= 4 is 27.6 Å². The molecule has 0 amide bonds. The smallest absolute Gasteiger partial charge is 0.159 e. The first-order valence-electron chi connectivity index (χ1n) is 5.54. The molecule has 7 heteroatoms. The lowest BCUT2D eigenvalue weighted by Gasteiger charge is -2.23. The number of likely N-dealkylation sites (N-methyl/N-ethyl adjacent to an activating group) is 1. The minimum Gasteiger partial charge on any atom is -0.380 e. The van der Waals surface area contributed by atoms with Crippen molar-refractivity contribution in [1.82, 2.24) is 9.97 Å². The van der Waals surface area contributed by atoms with Crippen molar-refractivity contribution in [2.24, 2.45) is 5.84 Å². The van der Waals surface area contributed by atoms with E-state index in [1.54, 1.807) is 0 Å². The number of aromatic nitrogens is 2. The Morgan fingerprint density at radius 2 is 2.24 bits per heavy atom. The van der Waals surface area contributed by atoms with E-state index in [9.17, 15) is 0 Å². The molecule has 0 aromatic carbocycles. The molecule has 96 valence electrons. The van der Waals surface area contributed by atoms with Gasteiger partial charge in [-0.2, -0.15) is 0 Å². The van der Waals surface area contributed by atoms with Crippen LogP contribution in [0.25, 0.3) is 0 Å². The lowest BCUT2D eigenvalue weighted by atomic mass is 10.4. The zero-order valence-electron chi connectivity index (χ0n) is 10.1. The van der Waals surface area contributed by atoms with Crippen LogP contribution in [0.2, 0.25) is 0 Å². The number of halogens is 1. The molecule has 0 aliphatic heterocycles. The molecule has 0 saturated heterocycles. The number of rotatable bonds is 7. The zero-order valence-corrected chi connectivity index (χ0v) is 11.7. The summed E-state index contributed by atoms with van der Waals surface area (Å²) in [5.41, 5.74) is 2.53. The molecule has 1 aromatic rings. The first kappa shape index (κ1) is 14.1. The van der Waals surface area contributed by atoms with Gasteiger partial charge in [0, 0.05) is 19.7 Å². The van der Waals surface area contributed by atoms with Crippen LogP contribution in [0.15, 0.2) is 10.8 Å². The van der Waals surface area contributed by atoms with Gasteiger partial charge in [-0.3, -0.25) is 0 Å². The van der Waals surface area contributed by atoms with Gasteiger partial charge in [-0.15, -0.1) is 0 Å². The Kier molecular flexibility index (Phi) is 6.17. The molecular weight excluding hydrogens is 286 g/mol. The molecular formula is C10H18BrN5O. The second kappa shape index (κ2) is 7.41. The van der Waals surface area contributed by atoms with E-state index in [0.717, 1.165) is 30.0 Å². The zero-order chi connectivity index (χ0) is 12.7. The number of nitrogens with one attached hydrogen (secondary N) is 1. The minimum atomic E-state index is 0.574. The predicted molar refractivity (Wildman–Crippen MR) is 71.9 cm³/mol. The highest BCUT2D eigenvalue weighted by molar-refractivity contribution is 9.10. The standard InChI is InChI=1S/C10H18BrN5O/c1-3-16(5-6-17-4-2)10-8(11)9(15-12)13-7-14-10/h7H,3-6,12H2,1-2H3,(H,13,14,15). The second-order valence-corrected chi connectivity index (χ2v) is 4.07. The number of nitrogens with two attached hydrogens (primary N) is 1. The number of anilines is 2. The minimum absolute atomic E-state index is 0.574. The number of ether oxygens (including phenoxy) is 1. The molecule has 0 aliphatic carbocycles. The average Bonchev–Trinajstić information content (AvgIpc) is 2.36. The van der Waals surface area contributed by atoms with Crippen LogP contribution >= 0.6 is 15.9 Å². The third-order valence-electron chi connectivity index (χ3n) is 2.30. The highest BCUT2D eigenvalue weighted by Gasteiger charge is 2.13. The largest absolute Gasteiger partial charge is 0.380 e. The normalized spacial score (nSPS) is 10.4. The van der Waals surface area contributed by atoms with Crippen LogP contribution in [0.1, 0.15) is 13.8 Å². The lowest BCUT2D eigenvalue weighted by molar-refractivity contribution is 0.154. The van der Waals surface area contributed by atoms with E-state index in [0.29, 0.717) is 12.4 Å². The maximum atomic E-state index is 5.37. The summed E-state index contributed by atoms with van der Waals surface area (Å²) in [4.78, 5) is 10.4. The van der Waals surface area contributed by atoms with Crippen LogP contribution in [0.5, 0.6) is 0 Å². The first-order chi connectivity index (χ1) is 8.24. The summed E-state index contributed by atoms with van der Waals surface area (Å²) in [6.07, 6.45) is 1.48. The predicted octanol–water partition coefficient (Wildman–Crippen LogP) is 1.39. The van der Waals surface area contributed by atoms with Gasteiger partial charge in [-0.25, -0.2) is 15.8 Å². The van der Waals surface area contributed by atoms with Gasteiger partial charge in [0.1, 0.15) is 16.6 Å². The SMILES string of the molecule is CCOCCN(CC)c1ncnc(NN)c1Br. The third kappa shape index (κ3) is 3.79. The van der Waals surface area contributed by atoms with Crippen molar-refractivity contribution in [3.05, 3.63) is 10.8 Å². The number of hydrogen-bond acceptors (Lipinski definition) is 6. The fourth-order valence-electron chi connectivity index (χ4n) is 1.41. The van der Waals surface area contributed by atoms with Gasteiger partial charge >= 0.3 is 0 Å². The Bertz CT molecular complexity index is 349. The molecule has 1 rings (SSSR count). The molecule has 0 atom stereocenters. The first-order valence-corrected chi connectivity index (χ1v) is 6.33.